The summed E-state index contributed by atoms with van der Waals surface area (Å²) >= 11 is 0. The van der Waals surface area contributed by atoms with Crippen LogP contribution in [0.2, 0.25) is 0 Å². The number of primary amides is 1. The first-order valence-corrected chi connectivity index (χ1v) is 8.08. The highest BCUT2D eigenvalue weighted by atomic mass is 16.2. The van der Waals surface area contributed by atoms with Crippen molar-refractivity contribution in [3.63, 3.8) is 0 Å². The van der Waals surface area contributed by atoms with Crippen molar-refractivity contribution < 1.29 is 9.59 Å². The largest absolute Gasteiger partial charge is 0.368 e. The van der Waals surface area contributed by atoms with Crippen LogP contribution in [0.3, 0.4) is 0 Å². The van der Waals surface area contributed by atoms with Gasteiger partial charge in [-0.25, -0.2) is 9.48 Å². The lowest BCUT2D eigenvalue weighted by atomic mass is 10.2. The standard InChI is InChI=1S/C17H21N5O2/c18-16(23)15-7-4-10-21(15)17(24)19-9-8-13-11-20-22(12-13)14-5-2-1-3-6-14/h1-3,5-6,11-12,15H,4,7-10H2,(H2,18,23)(H,19,24)/t15-/m1/s1. The number of nitrogens with two attached hydrogens (primary N) is 1. The van der Waals surface area contributed by atoms with Crippen LogP contribution in [-0.4, -0.2) is 45.8 Å². The van der Waals surface area contributed by atoms with Gasteiger partial charge in [0.1, 0.15) is 6.04 Å². The molecule has 2 heterocycles. The normalized spacial score (nSPS) is 17.0. The molecule has 126 valence electrons. The summed E-state index contributed by atoms with van der Waals surface area (Å²) in [5, 5.41) is 7.18. The number of likely N-dealkylation sites (tertiary alicyclic amines) is 1. The highest BCUT2D eigenvalue weighted by Crippen LogP contribution is 2.16. The Morgan fingerprint density at radius 3 is 2.83 bits per heavy atom. The molecule has 2 aromatic rings. The molecule has 0 unspecified atom stereocenters. The average Bonchev–Trinajstić information content (AvgIpc) is 3.25. The molecular formula is C17H21N5O2. The zero-order valence-electron chi connectivity index (χ0n) is 13.4. The van der Waals surface area contributed by atoms with E-state index in [1.54, 1.807) is 10.9 Å². The van der Waals surface area contributed by atoms with Gasteiger partial charge < -0.3 is 16.0 Å². The molecule has 1 aromatic heterocycles. The van der Waals surface area contributed by atoms with Crippen LogP contribution in [-0.2, 0) is 11.2 Å². The van der Waals surface area contributed by atoms with E-state index >= 15 is 0 Å². The average molecular weight is 327 g/mol. The van der Waals surface area contributed by atoms with Gasteiger partial charge in [0.25, 0.3) is 0 Å². The summed E-state index contributed by atoms with van der Waals surface area (Å²) in [6, 6.07) is 9.13. The van der Waals surface area contributed by atoms with Gasteiger partial charge in [-0.2, -0.15) is 5.10 Å². The van der Waals surface area contributed by atoms with Crippen LogP contribution in [0.4, 0.5) is 4.79 Å². The van der Waals surface area contributed by atoms with Crippen LogP contribution in [0.1, 0.15) is 18.4 Å². The highest BCUT2D eigenvalue weighted by molar-refractivity contribution is 5.86. The number of amides is 3. The van der Waals surface area contributed by atoms with Crippen molar-refractivity contribution in [2.75, 3.05) is 13.1 Å². The first-order valence-electron chi connectivity index (χ1n) is 8.08. The fraction of sp³-hybridized carbons (Fsp3) is 0.353. The molecule has 3 rings (SSSR count). The number of aromatic nitrogens is 2. The number of rotatable bonds is 5. The molecule has 1 saturated heterocycles. The first kappa shape index (κ1) is 16.0. The third-order valence-corrected chi connectivity index (χ3v) is 4.19. The van der Waals surface area contributed by atoms with Crippen molar-refractivity contribution in [1.29, 1.82) is 0 Å². The molecule has 7 nitrogen and oxygen atoms in total. The second kappa shape index (κ2) is 7.16. The molecular weight excluding hydrogens is 306 g/mol. The number of hydrogen-bond donors (Lipinski definition) is 2. The fourth-order valence-electron chi connectivity index (χ4n) is 2.93. The van der Waals surface area contributed by atoms with Crippen LogP contribution in [0, 0.1) is 0 Å². The molecule has 1 atom stereocenters. The topological polar surface area (TPSA) is 93.2 Å². The zero-order chi connectivity index (χ0) is 16.9. The van der Waals surface area contributed by atoms with Crippen molar-refractivity contribution in [3.05, 3.63) is 48.3 Å². The number of nitrogens with one attached hydrogen (secondary N) is 1. The van der Waals surface area contributed by atoms with E-state index in [0.717, 1.165) is 17.7 Å². The zero-order valence-corrected chi connectivity index (χ0v) is 13.4. The Morgan fingerprint density at radius 1 is 1.29 bits per heavy atom. The van der Waals surface area contributed by atoms with Crippen molar-refractivity contribution in [1.82, 2.24) is 20.0 Å². The Morgan fingerprint density at radius 2 is 2.08 bits per heavy atom. The Hall–Kier alpha value is -2.83. The summed E-state index contributed by atoms with van der Waals surface area (Å²) in [5.74, 6) is -0.438. The molecule has 24 heavy (non-hydrogen) atoms. The van der Waals surface area contributed by atoms with Gasteiger partial charge in [0.05, 0.1) is 11.9 Å². The molecule has 0 saturated carbocycles. The maximum atomic E-state index is 12.2. The molecule has 0 bridgehead atoms. The van der Waals surface area contributed by atoms with Crippen LogP contribution in [0.25, 0.3) is 5.69 Å². The summed E-state index contributed by atoms with van der Waals surface area (Å²) in [5.41, 5.74) is 7.36. The summed E-state index contributed by atoms with van der Waals surface area (Å²) < 4.78 is 1.81. The Kier molecular flexibility index (Phi) is 4.79. The van der Waals surface area contributed by atoms with Gasteiger partial charge in [-0.3, -0.25) is 4.79 Å². The maximum absolute atomic E-state index is 12.2. The highest BCUT2D eigenvalue weighted by Gasteiger charge is 2.32. The van der Waals surface area contributed by atoms with Gasteiger partial charge in [-0.1, -0.05) is 18.2 Å². The third-order valence-electron chi connectivity index (χ3n) is 4.19. The SMILES string of the molecule is NC(=O)[C@H]1CCCN1C(=O)NCCc1cnn(-c2ccccc2)c1. The van der Waals surface area contributed by atoms with Gasteiger partial charge in [0.2, 0.25) is 5.91 Å². The van der Waals surface area contributed by atoms with E-state index in [2.05, 4.69) is 10.4 Å². The molecule has 0 radical (unpaired) electrons. The minimum atomic E-state index is -0.481. The quantitative estimate of drug-likeness (QED) is 0.860. The predicted molar refractivity (Wildman–Crippen MR) is 89.6 cm³/mol. The van der Waals surface area contributed by atoms with Crippen LogP contribution >= 0.6 is 0 Å². The predicted octanol–water partition coefficient (Wildman–Crippen LogP) is 1.07. The molecule has 1 aromatic carbocycles. The number of nitrogens with zero attached hydrogens (tertiary/aromatic N) is 3. The van der Waals surface area contributed by atoms with Crippen molar-refractivity contribution in [2.24, 2.45) is 5.73 Å². The molecule has 0 aliphatic carbocycles. The molecule has 1 aliphatic rings. The maximum Gasteiger partial charge on any atom is 0.318 e. The summed E-state index contributed by atoms with van der Waals surface area (Å²) in [4.78, 5) is 25.0. The fourth-order valence-corrected chi connectivity index (χ4v) is 2.93. The smallest absolute Gasteiger partial charge is 0.318 e. The van der Waals surface area contributed by atoms with Gasteiger partial charge in [0, 0.05) is 19.3 Å². The second-order valence-corrected chi connectivity index (χ2v) is 5.86. The summed E-state index contributed by atoms with van der Waals surface area (Å²) in [6.45, 7) is 1.06. The molecule has 0 spiro atoms. The van der Waals surface area contributed by atoms with E-state index < -0.39 is 11.9 Å². The van der Waals surface area contributed by atoms with Crippen molar-refractivity contribution in [3.8, 4) is 5.69 Å². The molecule has 1 aliphatic heterocycles. The first-order chi connectivity index (χ1) is 11.6. The van der Waals surface area contributed by atoms with E-state index in [1.807, 2.05) is 36.5 Å². The molecule has 7 heteroatoms. The number of urea groups is 1. The Labute approximate surface area is 140 Å². The molecule has 3 amide bonds. The number of para-hydroxylation sites is 1. The third kappa shape index (κ3) is 3.56. The number of benzene rings is 1. The molecule has 1 fully saturated rings. The second-order valence-electron chi connectivity index (χ2n) is 5.86. The minimum absolute atomic E-state index is 0.230. The van der Waals surface area contributed by atoms with Crippen LogP contribution < -0.4 is 11.1 Å². The molecule has 3 N–H and O–H groups in total. The van der Waals surface area contributed by atoms with E-state index in [1.165, 1.54) is 4.90 Å². The van der Waals surface area contributed by atoms with E-state index in [0.29, 0.717) is 25.9 Å². The lowest BCUT2D eigenvalue weighted by Gasteiger charge is -2.22. The number of carbonyl (C=O) groups is 2. The Balaban J connectivity index is 1.51. The van der Waals surface area contributed by atoms with Crippen LogP contribution in [0.5, 0.6) is 0 Å². The minimum Gasteiger partial charge on any atom is -0.368 e. The van der Waals surface area contributed by atoms with E-state index in [4.69, 9.17) is 5.73 Å². The van der Waals surface area contributed by atoms with Gasteiger partial charge in [0.15, 0.2) is 0 Å². The van der Waals surface area contributed by atoms with E-state index in [-0.39, 0.29) is 6.03 Å². The summed E-state index contributed by atoms with van der Waals surface area (Å²) in [7, 11) is 0. The summed E-state index contributed by atoms with van der Waals surface area (Å²) in [6.07, 6.45) is 5.87. The van der Waals surface area contributed by atoms with Gasteiger partial charge in [-0.15, -0.1) is 0 Å². The monoisotopic (exact) mass is 327 g/mol. The number of hydrogen-bond acceptors (Lipinski definition) is 3. The van der Waals surface area contributed by atoms with Crippen molar-refractivity contribution in [2.45, 2.75) is 25.3 Å². The lowest BCUT2D eigenvalue weighted by molar-refractivity contribution is -0.121. The van der Waals surface area contributed by atoms with E-state index in [9.17, 15) is 9.59 Å². The van der Waals surface area contributed by atoms with Crippen LogP contribution in [0.15, 0.2) is 42.7 Å². The van der Waals surface area contributed by atoms with Crippen molar-refractivity contribution >= 4 is 11.9 Å². The van der Waals surface area contributed by atoms with Gasteiger partial charge in [-0.05, 0) is 37.0 Å². The Bertz CT molecular complexity index is 713. The lowest BCUT2D eigenvalue weighted by Crippen LogP contribution is -2.48. The number of carbonyl (C=O) groups excluding carboxylic acids is 2. The van der Waals surface area contributed by atoms with Gasteiger partial charge >= 0.3 is 6.03 Å².